The Balaban J connectivity index is 2.68. The van der Waals surface area contributed by atoms with Crippen LogP contribution in [0.3, 0.4) is 0 Å². The van der Waals surface area contributed by atoms with Gasteiger partial charge in [0.05, 0.1) is 4.88 Å². The Bertz CT molecular complexity index is 309. The van der Waals surface area contributed by atoms with Crippen molar-refractivity contribution < 1.29 is 4.79 Å². The Morgan fingerprint density at radius 1 is 1.57 bits per heavy atom. The van der Waals surface area contributed by atoms with Crippen LogP contribution in [-0.4, -0.2) is 30.9 Å². The number of rotatable bonds is 4. The summed E-state index contributed by atoms with van der Waals surface area (Å²) in [5.41, 5.74) is 5.39. The van der Waals surface area contributed by atoms with E-state index in [1.165, 1.54) is 4.88 Å². The average molecular weight is 212 g/mol. The lowest BCUT2D eigenvalue weighted by Gasteiger charge is -2.14. The first-order valence-electron chi connectivity index (χ1n) is 4.73. The predicted octanol–water partition coefficient (Wildman–Crippen LogP) is 1.34. The van der Waals surface area contributed by atoms with Crippen LogP contribution in [0.2, 0.25) is 0 Å². The minimum absolute atomic E-state index is 0.0696. The number of carbonyl (C=O) groups is 1. The van der Waals surface area contributed by atoms with E-state index >= 15 is 0 Å². The number of nitrogens with two attached hydrogens (primary N) is 1. The Labute approximate surface area is 88.5 Å². The molecule has 1 aromatic heterocycles. The van der Waals surface area contributed by atoms with E-state index in [0.717, 1.165) is 11.3 Å². The molecule has 1 heterocycles. The molecule has 0 fully saturated rings. The van der Waals surface area contributed by atoms with Gasteiger partial charge in [0.2, 0.25) is 0 Å². The second-order valence-electron chi connectivity index (χ2n) is 3.13. The van der Waals surface area contributed by atoms with Gasteiger partial charge in [0, 0.05) is 25.0 Å². The largest absolute Gasteiger partial charge is 0.340 e. The summed E-state index contributed by atoms with van der Waals surface area (Å²) in [5, 5.41) is 0. The van der Waals surface area contributed by atoms with Gasteiger partial charge in [-0.25, -0.2) is 0 Å². The van der Waals surface area contributed by atoms with Crippen LogP contribution in [-0.2, 0) is 6.42 Å². The van der Waals surface area contributed by atoms with Crippen molar-refractivity contribution in [2.24, 2.45) is 5.73 Å². The number of amides is 1. The van der Waals surface area contributed by atoms with Gasteiger partial charge in [-0.2, -0.15) is 0 Å². The molecule has 1 amide bonds. The second-order valence-corrected chi connectivity index (χ2v) is 4.30. The molecule has 3 nitrogen and oxygen atoms in total. The molecule has 1 aromatic rings. The molecule has 0 saturated heterocycles. The molecule has 0 saturated carbocycles. The predicted molar refractivity (Wildman–Crippen MR) is 59.7 cm³/mol. The molecule has 0 aliphatic carbocycles. The van der Waals surface area contributed by atoms with Crippen molar-refractivity contribution >= 4 is 17.2 Å². The zero-order valence-corrected chi connectivity index (χ0v) is 9.43. The highest BCUT2D eigenvalue weighted by Crippen LogP contribution is 2.18. The highest BCUT2D eigenvalue weighted by molar-refractivity contribution is 7.14. The first-order chi connectivity index (χ1) is 6.69. The summed E-state index contributed by atoms with van der Waals surface area (Å²) in [4.78, 5) is 15.5. The van der Waals surface area contributed by atoms with E-state index in [1.807, 2.05) is 12.1 Å². The van der Waals surface area contributed by atoms with E-state index in [2.05, 4.69) is 6.92 Å². The quantitative estimate of drug-likeness (QED) is 0.818. The Morgan fingerprint density at radius 2 is 2.29 bits per heavy atom. The number of hydrogen-bond acceptors (Lipinski definition) is 3. The molecule has 0 spiro atoms. The fourth-order valence-corrected chi connectivity index (χ4v) is 2.11. The van der Waals surface area contributed by atoms with Crippen molar-refractivity contribution in [3.8, 4) is 0 Å². The van der Waals surface area contributed by atoms with Gasteiger partial charge >= 0.3 is 0 Å². The smallest absolute Gasteiger partial charge is 0.263 e. The molecule has 0 radical (unpaired) electrons. The Morgan fingerprint density at radius 3 is 2.79 bits per heavy atom. The lowest BCUT2D eigenvalue weighted by Crippen LogP contribution is -2.31. The van der Waals surface area contributed by atoms with Crippen LogP contribution in [0.1, 0.15) is 21.5 Å². The Kier molecular flexibility index (Phi) is 4.10. The number of nitrogens with zero attached hydrogens (tertiary/aromatic N) is 1. The van der Waals surface area contributed by atoms with E-state index in [9.17, 15) is 4.79 Å². The van der Waals surface area contributed by atoms with Crippen molar-refractivity contribution in [2.45, 2.75) is 13.3 Å². The molecule has 0 atom stereocenters. The fraction of sp³-hybridized carbons (Fsp3) is 0.500. The maximum Gasteiger partial charge on any atom is 0.263 e. The van der Waals surface area contributed by atoms with E-state index in [4.69, 9.17) is 5.73 Å². The minimum Gasteiger partial charge on any atom is -0.340 e. The molecule has 0 bridgehead atoms. The van der Waals surface area contributed by atoms with Crippen LogP contribution >= 0.6 is 11.3 Å². The summed E-state index contributed by atoms with van der Waals surface area (Å²) in [5.74, 6) is 0.0696. The lowest BCUT2D eigenvalue weighted by molar-refractivity contribution is 0.0804. The van der Waals surface area contributed by atoms with Gasteiger partial charge in [0.15, 0.2) is 0 Å². The van der Waals surface area contributed by atoms with E-state index in [-0.39, 0.29) is 5.91 Å². The zero-order chi connectivity index (χ0) is 10.6. The highest BCUT2D eigenvalue weighted by atomic mass is 32.1. The summed E-state index contributed by atoms with van der Waals surface area (Å²) in [6.45, 7) is 3.20. The van der Waals surface area contributed by atoms with Gasteiger partial charge in [-0.3, -0.25) is 4.79 Å². The molecule has 4 heteroatoms. The normalized spacial score (nSPS) is 10.2. The maximum atomic E-state index is 11.7. The molecule has 78 valence electrons. The molecule has 0 aliphatic heterocycles. The molecular formula is C10H16N2OS. The third-order valence-electron chi connectivity index (χ3n) is 2.03. The van der Waals surface area contributed by atoms with Crippen molar-refractivity contribution in [3.63, 3.8) is 0 Å². The summed E-state index contributed by atoms with van der Waals surface area (Å²) in [6, 6.07) is 3.90. The summed E-state index contributed by atoms with van der Waals surface area (Å²) >= 11 is 1.56. The van der Waals surface area contributed by atoms with Crippen molar-refractivity contribution in [3.05, 3.63) is 21.9 Å². The monoisotopic (exact) mass is 212 g/mol. The van der Waals surface area contributed by atoms with Gasteiger partial charge in [0.25, 0.3) is 5.91 Å². The highest BCUT2D eigenvalue weighted by Gasteiger charge is 2.12. The zero-order valence-electron chi connectivity index (χ0n) is 8.62. The molecule has 0 aromatic carbocycles. The van der Waals surface area contributed by atoms with Crippen LogP contribution < -0.4 is 5.73 Å². The molecule has 2 N–H and O–H groups in total. The number of likely N-dealkylation sites (N-methyl/N-ethyl adjacent to an activating group) is 1. The molecule has 0 unspecified atom stereocenters. The van der Waals surface area contributed by atoms with Gasteiger partial charge in [-0.1, -0.05) is 6.92 Å². The third kappa shape index (κ3) is 2.56. The topological polar surface area (TPSA) is 46.3 Å². The van der Waals surface area contributed by atoms with Crippen molar-refractivity contribution in [1.82, 2.24) is 4.90 Å². The van der Waals surface area contributed by atoms with Gasteiger partial charge in [0.1, 0.15) is 0 Å². The third-order valence-corrected chi connectivity index (χ3v) is 3.25. The summed E-state index contributed by atoms with van der Waals surface area (Å²) < 4.78 is 0. The van der Waals surface area contributed by atoms with Crippen LogP contribution in [0.5, 0.6) is 0 Å². The fourth-order valence-electron chi connectivity index (χ4n) is 1.17. The Hall–Kier alpha value is -0.870. The maximum absolute atomic E-state index is 11.7. The van der Waals surface area contributed by atoms with Crippen molar-refractivity contribution in [2.75, 3.05) is 20.1 Å². The SMILES string of the molecule is CCc1ccc(C(=O)N(C)CCN)s1. The number of carbonyl (C=O) groups excluding carboxylic acids is 1. The van der Waals surface area contributed by atoms with Crippen LogP contribution in [0.25, 0.3) is 0 Å². The van der Waals surface area contributed by atoms with Crippen LogP contribution in [0, 0.1) is 0 Å². The first-order valence-corrected chi connectivity index (χ1v) is 5.55. The summed E-state index contributed by atoms with van der Waals surface area (Å²) in [6.07, 6.45) is 0.985. The van der Waals surface area contributed by atoms with Crippen LogP contribution in [0.4, 0.5) is 0 Å². The summed E-state index contributed by atoms with van der Waals surface area (Å²) in [7, 11) is 1.78. The van der Waals surface area contributed by atoms with E-state index in [1.54, 1.807) is 23.3 Å². The van der Waals surface area contributed by atoms with E-state index in [0.29, 0.717) is 13.1 Å². The lowest BCUT2D eigenvalue weighted by atomic mass is 10.3. The first kappa shape index (κ1) is 11.2. The number of hydrogen-bond donors (Lipinski definition) is 1. The number of thiophene rings is 1. The standard InChI is InChI=1S/C10H16N2OS/c1-3-8-4-5-9(14-8)10(13)12(2)7-6-11/h4-5H,3,6-7,11H2,1-2H3. The van der Waals surface area contributed by atoms with Crippen LogP contribution in [0.15, 0.2) is 12.1 Å². The second kappa shape index (κ2) is 5.12. The van der Waals surface area contributed by atoms with Gasteiger partial charge in [-0.15, -0.1) is 11.3 Å². The van der Waals surface area contributed by atoms with E-state index < -0.39 is 0 Å². The minimum atomic E-state index is 0.0696. The molecule has 14 heavy (non-hydrogen) atoms. The van der Waals surface area contributed by atoms with Gasteiger partial charge in [-0.05, 0) is 18.6 Å². The molecule has 1 rings (SSSR count). The number of aryl methyl sites for hydroxylation is 1. The van der Waals surface area contributed by atoms with Crippen molar-refractivity contribution in [1.29, 1.82) is 0 Å². The molecule has 0 aliphatic rings. The van der Waals surface area contributed by atoms with Gasteiger partial charge < -0.3 is 10.6 Å². The molecular weight excluding hydrogens is 196 g/mol. The average Bonchev–Trinajstić information content (AvgIpc) is 2.65.